The zero-order valence-corrected chi connectivity index (χ0v) is 17.6. The number of rotatable bonds is 8. The number of aliphatic hydroxyl groups excluding tert-OH is 3. The third-order valence-corrected chi connectivity index (χ3v) is 5.07. The number of nitrogens with zero attached hydrogens (tertiary/aromatic N) is 1. The molecule has 2 rings (SSSR count). The molecule has 0 bridgehead atoms. The molecule has 1 aromatic carbocycles. The lowest BCUT2D eigenvalue weighted by atomic mass is 9.96. The lowest BCUT2D eigenvalue weighted by Crippen LogP contribution is -2.46. The fourth-order valence-electron chi connectivity index (χ4n) is 3.16. The summed E-state index contributed by atoms with van der Waals surface area (Å²) in [6, 6.07) is 4.13. The quantitative estimate of drug-likeness (QED) is 0.348. The zero-order chi connectivity index (χ0) is 23.9. The highest BCUT2D eigenvalue weighted by Crippen LogP contribution is 2.29. The van der Waals surface area contributed by atoms with E-state index in [0.29, 0.717) is 31.4 Å². The molecule has 1 fully saturated rings. The Morgan fingerprint density at radius 2 is 1.78 bits per heavy atom. The molecule has 0 unspecified atom stereocenters. The van der Waals surface area contributed by atoms with Crippen LogP contribution in [0.15, 0.2) is 35.9 Å². The van der Waals surface area contributed by atoms with Gasteiger partial charge >= 0.3 is 12.1 Å². The minimum Gasteiger partial charge on any atom is -0.505 e. The van der Waals surface area contributed by atoms with Crippen molar-refractivity contribution in [2.45, 2.75) is 45.0 Å². The minimum atomic E-state index is -4.47. The summed E-state index contributed by atoms with van der Waals surface area (Å²) in [7, 11) is 0. The van der Waals surface area contributed by atoms with Crippen molar-refractivity contribution in [1.82, 2.24) is 10.2 Å². The SMILES string of the molecule is CCCOC(=O)C1CCN(C(=O)[C@H](O)/C(O)=C(\O)NCc2ccc(C(F)(F)F)cc2)CC1. The van der Waals surface area contributed by atoms with Crippen LogP contribution < -0.4 is 5.32 Å². The second kappa shape index (κ2) is 11.1. The molecule has 4 N–H and O–H groups in total. The third kappa shape index (κ3) is 6.78. The van der Waals surface area contributed by atoms with Crippen LogP contribution in [0.5, 0.6) is 0 Å². The number of esters is 1. The van der Waals surface area contributed by atoms with Gasteiger partial charge in [0.1, 0.15) is 0 Å². The molecule has 1 atom stereocenters. The molecule has 0 aromatic heterocycles. The summed E-state index contributed by atoms with van der Waals surface area (Å²) >= 11 is 0. The standard InChI is InChI=1S/C21H27F3N2O6/c1-2-11-32-20(31)14-7-9-26(10-8-14)19(30)17(28)16(27)18(29)25-12-13-3-5-15(6-4-13)21(22,23)24/h3-6,14,17,25,27-29H,2,7-12H2,1H3/b18-16+/t17-/m1/s1. The van der Waals surface area contributed by atoms with Crippen molar-refractivity contribution >= 4 is 11.9 Å². The van der Waals surface area contributed by atoms with E-state index in [2.05, 4.69) is 5.32 Å². The Labute approximate surface area is 183 Å². The molecule has 0 aliphatic carbocycles. The normalized spacial score (nSPS) is 16.8. The van der Waals surface area contributed by atoms with Crippen molar-refractivity contribution in [2.75, 3.05) is 19.7 Å². The molecular weight excluding hydrogens is 433 g/mol. The van der Waals surface area contributed by atoms with E-state index in [1.807, 2.05) is 6.92 Å². The van der Waals surface area contributed by atoms with E-state index >= 15 is 0 Å². The van der Waals surface area contributed by atoms with E-state index in [1.165, 1.54) is 17.0 Å². The minimum absolute atomic E-state index is 0.153. The molecule has 1 saturated heterocycles. The molecule has 178 valence electrons. The summed E-state index contributed by atoms with van der Waals surface area (Å²) in [6.45, 7) is 2.40. The summed E-state index contributed by atoms with van der Waals surface area (Å²) in [4.78, 5) is 25.6. The van der Waals surface area contributed by atoms with Crippen molar-refractivity contribution in [2.24, 2.45) is 5.92 Å². The fraction of sp³-hybridized carbons (Fsp3) is 0.524. The number of aliphatic hydroxyl groups is 3. The van der Waals surface area contributed by atoms with E-state index in [0.717, 1.165) is 12.1 Å². The van der Waals surface area contributed by atoms with E-state index in [1.54, 1.807) is 0 Å². The van der Waals surface area contributed by atoms with Gasteiger partial charge in [-0.25, -0.2) is 0 Å². The van der Waals surface area contributed by atoms with Gasteiger partial charge in [-0.15, -0.1) is 0 Å². The van der Waals surface area contributed by atoms with Crippen LogP contribution in [-0.4, -0.2) is 57.9 Å². The van der Waals surface area contributed by atoms with Crippen molar-refractivity contribution in [3.05, 3.63) is 47.0 Å². The highest BCUT2D eigenvalue weighted by Gasteiger charge is 2.33. The van der Waals surface area contributed by atoms with Gasteiger partial charge in [0.25, 0.3) is 5.91 Å². The van der Waals surface area contributed by atoms with Gasteiger partial charge in [0, 0.05) is 19.6 Å². The summed E-state index contributed by atoms with van der Waals surface area (Å²) in [5.41, 5.74) is -0.456. The zero-order valence-electron chi connectivity index (χ0n) is 17.6. The summed E-state index contributed by atoms with van der Waals surface area (Å²) in [5, 5.41) is 32.4. The van der Waals surface area contributed by atoms with Crippen LogP contribution in [0.25, 0.3) is 0 Å². The topological polar surface area (TPSA) is 119 Å². The Balaban J connectivity index is 1.89. The number of amides is 1. The first-order valence-electron chi connectivity index (χ1n) is 10.2. The number of benzene rings is 1. The lowest BCUT2D eigenvalue weighted by molar-refractivity contribution is -0.153. The van der Waals surface area contributed by atoms with Gasteiger partial charge in [-0.1, -0.05) is 19.1 Å². The Kier molecular flexibility index (Phi) is 8.76. The first kappa shape index (κ1) is 25.3. The number of halogens is 3. The number of ether oxygens (including phenoxy) is 1. The monoisotopic (exact) mass is 460 g/mol. The molecule has 1 amide bonds. The first-order valence-corrected chi connectivity index (χ1v) is 10.2. The maximum absolute atomic E-state index is 12.6. The number of piperidine rings is 1. The predicted octanol–water partition coefficient (Wildman–Crippen LogP) is 2.63. The summed E-state index contributed by atoms with van der Waals surface area (Å²) in [5.74, 6) is -3.39. The first-order chi connectivity index (χ1) is 15.0. The Hall–Kier alpha value is -2.95. The van der Waals surface area contributed by atoms with Crippen molar-refractivity contribution < 1.29 is 42.8 Å². The van der Waals surface area contributed by atoms with Crippen LogP contribution in [-0.2, 0) is 27.0 Å². The maximum atomic E-state index is 12.6. The molecule has 1 aliphatic rings. The van der Waals surface area contributed by atoms with E-state index < -0.39 is 35.4 Å². The van der Waals surface area contributed by atoms with Crippen molar-refractivity contribution in [3.8, 4) is 0 Å². The van der Waals surface area contributed by atoms with Crippen LogP contribution in [0.2, 0.25) is 0 Å². The number of likely N-dealkylation sites (tertiary alicyclic amines) is 1. The van der Waals surface area contributed by atoms with E-state index in [-0.39, 0.29) is 31.5 Å². The lowest BCUT2D eigenvalue weighted by Gasteiger charge is -2.32. The molecular formula is C21H27F3N2O6. The van der Waals surface area contributed by atoms with Gasteiger partial charge in [-0.05, 0) is 37.0 Å². The van der Waals surface area contributed by atoms with Crippen LogP contribution in [0.1, 0.15) is 37.3 Å². The Morgan fingerprint density at radius 1 is 1.19 bits per heavy atom. The largest absolute Gasteiger partial charge is 0.505 e. The Morgan fingerprint density at radius 3 is 2.31 bits per heavy atom. The van der Waals surface area contributed by atoms with Gasteiger partial charge in [0.2, 0.25) is 5.88 Å². The van der Waals surface area contributed by atoms with E-state index in [4.69, 9.17) is 4.74 Å². The number of nitrogens with one attached hydrogen (secondary N) is 1. The maximum Gasteiger partial charge on any atom is 0.416 e. The third-order valence-electron chi connectivity index (χ3n) is 5.07. The molecule has 0 spiro atoms. The predicted molar refractivity (Wildman–Crippen MR) is 107 cm³/mol. The van der Waals surface area contributed by atoms with E-state index in [9.17, 15) is 38.1 Å². The summed E-state index contributed by atoms with van der Waals surface area (Å²) in [6.07, 6.45) is -5.09. The highest BCUT2D eigenvalue weighted by atomic mass is 19.4. The average molecular weight is 460 g/mol. The molecule has 0 radical (unpaired) electrons. The van der Waals surface area contributed by atoms with Crippen LogP contribution in [0.4, 0.5) is 13.2 Å². The smallest absolute Gasteiger partial charge is 0.416 e. The van der Waals surface area contributed by atoms with Gasteiger partial charge in [0.15, 0.2) is 11.9 Å². The summed E-state index contributed by atoms with van der Waals surface area (Å²) < 4.78 is 42.8. The molecule has 1 aromatic rings. The number of carbonyl (C=O) groups excluding carboxylic acids is 2. The Bertz CT molecular complexity index is 818. The number of carbonyl (C=O) groups is 2. The van der Waals surface area contributed by atoms with Gasteiger partial charge in [-0.3, -0.25) is 9.59 Å². The second-order valence-electron chi connectivity index (χ2n) is 7.45. The molecule has 1 aliphatic heterocycles. The van der Waals surface area contributed by atoms with Crippen LogP contribution in [0.3, 0.4) is 0 Å². The molecule has 11 heteroatoms. The van der Waals surface area contributed by atoms with Gasteiger partial charge in [0.05, 0.1) is 18.1 Å². The number of hydrogen-bond acceptors (Lipinski definition) is 7. The number of alkyl halides is 3. The van der Waals surface area contributed by atoms with Gasteiger partial charge < -0.3 is 30.3 Å². The molecule has 1 heterocycles. The van der Waals surface area contributed by atoms with Crippen molar-refractivity contribution in [3.63, 3.8) is 0 Å². The van der Waals surface area contributed by atoms with Crippen LogP contribution in [0, 0.1) is 5.92 Å². The average Bonchev–Trinajstić information content (AvgIpc) is 2.79. The fourth-order valence-corrected chi connectivity index (χ4v) is 3.16. The van der Waals surface area contributed by atoms with Crippen molar-refractivity contribution in [1.29, 1.82) is 0 Å². The molecule has 32 heavy (non-hydrogen) atoms. The second-order valence-corrected chi connectivity index (χ2v) is 7.45. The van der Waals surface area contributed by atoms with Gasteiger partial charge in [-0.2, -0.15) is 13.2 Å². The van der Waals surface area contributed by atoms with Crippen LogP contribution >= 0.6 is 0 Å². The molecule has 0 saturated carbocycles. The highest BCUT2D eigenvalue weighted by molar-refractivity contribution is 5.83. The molecule has 8 nitrogen and oxygen atoms in total. The number of hydrogen-bond donors (Lipinski definition) is 4.